The van der Waals surface area contributed by atoms with Crippen molar-refractivity contribution >= 4 is 5.82 Å². The highest BCUT2D eigenvalue weighted by atomic mass is 15.2. The molecule has 1 saturated carbocycles. The molecule has 0 unspecified atom stereocenters. The fourth-order valence-electron chi connectivity index (χ4n) is 2.90. The fraction of sp³-hybridized carbons (Fsp3) is 0.706. The van der Waals surface area contributed by atoms with Gasteiger partial charge in [0.2, 0.25) is 0 Å². The normalized spacial score (nSPS) is 14.9. The molecule has 0 atom stereocenters. The topological polar surface area (TPSA) is 28.2 Å². The van der Waals surface area contributed by atoms with Crippen molar-refractivity contribution in [2.45, 2.75) is 72.0 Å². The van der Waals surface area contributed by atoms with Gasteiger partial charge in [-0.2, -0.15) is 0 Å². The molecule has 1 aliphatic carbocycles. The van der Waals surface area contributed by atoms with Crippen molar-refractivity contribution in [2.24, 2.45) is 0 Å². The van der Waals surface area contributed by atoms with Crippen LogP contribution >= 0.6 is 0 Å². The lowest BCUT2D eigenvalue weighted by Crippen LogP contribution is -2.33. The van der Waals surface area contributed by atoms with Gasteiger partial charge in [0.1, 0.15) is 5.82 Å². The Morgan fingerprint density at radius 3 is 2.50 bits per heavy atom. The van der Waals surface area contributed by atoms with Crippen LogP contribution < -0.4 is 10.2 Å². The molecule has 0 saturated heterocycles. The third-order valence-electron chi connectivity index (χ3n) is 4.42. The number of pyridine rings is 1. The van der Waals surface area contributed by atoms with Crippen LogP contribution in [0.3, 0.4) is 0 Å². The summed E-state index contributed by atoms with van der Waals surface area (Å²) in [5.41, 5.74) is 3.85. The van der Waals surface area contributed by atoms with Crippen molar-refractivity contribution in [3.63, 3.8) is 0 Å². The van der Waals surface area contributed by atoms with Crippen molar-refractivity contribution in [3.05, 3.63) is 22.9 Å². The summed E-state index contributed by atoms with van der Waals surface area (Å²) >= 11 is 0. The van der Waals surface area contributed by atoms with Gasteiger partial charge in [-0.25, -0.2) is 4.98 Å². The van der Waals surface area contributed by atoms with Gasteiger partial charge < -0.3 is 10.2 Å². The number of nitrogens with one attached hydrogen (secondary N) is 1. The lowest BCUT2D eigenvalue weighted by atomic mass is 10.1. The third kappa shape index (κ3) is 3.51. The molecule has 2 rings (SSSR count). The first-order valence-corrected chi connectivity index (χ1v) is 8.00. The van der Waals surface area contributed by atoms with E-state index in [0.717, 1.165) is 31.1 Å². The average Bonchev–Trinajstić information content (AvgIpc) is 3.22. The number of anilines is 1. The lowest BCUT2D eigenvalue weighted by molar-refractivity contribution is 0.580. The molecule has 1 heterocycles. The van der Waals surface area contributed by atoms with Crippen molar-refractivity contribution in [1.82, 2.24) is 10.3 Å². The number of rotatable bonds is 7. The zero-order valence-corrected chi connectivity index (χ0v) is 13.7. The Hall–Kier alpha value is -1.09. The largest absolute Gasteiger partial charge is 0.356 e. The Kier molecular flexibility index (Phi) is 5.03. The summed E-state index contributed by atoms with van der Waals surface area (Å²) < 4.78 is 0. The quantitative estimate of drug-likeness (QED) is 0.824. The van der Waals surface area contributed by atoms with E-state index in [1.807, 2.05) is 0 Å². The molecule has 1 aromatic heterocycles. The first kappa shape index (κ1) is 15.3. The van der Waals surface area contributed by atoms with Crippen molar-refractivity contribution < 1.29 is 0 Å². The highest BCUT2D eigenvalue weighted by Crippen LogP contribution is 2.26. The van der Waals surface area contributed by atoms with E-state index in [1.165, 1.54) is 29.8 Å². The van der Waals surface area contributed by atoms with E-state index >= 15 is 0 Å². The van der Waals surface area contributed by atoms with Gasteiger partial charge in [-0.15, -0.1) is 0 Å². The first-order valence-electron chi connectivity index (χ1n) is 8.00. The number of nitrogens with zero attached hydrogens (tertiary/aromatic N) is 2. The van der Waals surface area contributed by atoms with Gasteiger partial charge in [0, 0.05) is 36.9 Å². The molecule has 1 fully saturated rings. The highest BCUT2D eigenvalue weighted by molar-refractivity contribution is 5.52. The molecular formula is C17H29N3. The first-order chi connectivity index (χ1) is 9.56. The molecule has 3 heteroatoms. The fourth-order valence-corrected chi connectivity index (χ4v) is 2.90. The second-order valence-corrected chi connectivity index (χ2v) is 6.12. The summed E-state index contributed by atoms with van der Waals surface area (Å²) in [4.78, 5) is 7.21. The second kappa shape index (κ2) is 6.57. The maximum Gasteiger partial charge on any atom is 0.133 e. The zero-order valence-electron chi connectivity index (χ0n) is 13.7. The van der Waals surface area contributed by atoms with Gasteiger partial charge >= 0.3 is 0 Å². The number of aryl methyl sites for hydroxylation is 2. The molecule has 1 aliphatic rings. The molecule has 3 nitrogen and oxygen atoms in total. The number of hydrogen-bond acceptors (Lipinski definition) is 3. The van der Waals surface area contributed by atoms with Crippen LogP contribution in [0.25, 0.3) is 0 Å². The molecule has 0 bridgehead atoms. The van der Waals surface area contributed by atoms with Crippen molar-refractivity contribution in [2.75, 3.05) is 11.9 Å². The minimum atomic E-state index is 0.573. The summed E-state index contributed by atoms with van der Waals surface area (Å²) in [6, 6.07) is 3.51. The molecule has 0 amide bonds. The Morgan fingerprint density at radius 1 is 1.30 bits per heavy atom. The second-order valence-electron chi connectivity index (χ2n) is 6.12. The smallest absolute Gasteiger partial charge is 0.133 e. The predicted molar refractivity (Wildman–Crippen MR) is 86.3 cm³/mol. The summed E-state index contributed by atoms with van der Waals surface area (Å²) in [6.07, 6.45) is 4.99. The maximum absolute atomic E-state index is 4.83. The standard InChI is InChI=1S/C17H29N3/c1-6-15(7-2)20(5)17-16(11-18-14-8-9-14)12(3)10-13(4)19-17/h10,14-15,18H,6-9,11H2,1-5H3. The van der Waals surface area contributed by atoms with E-state index in [4.69, 9.17) is 4.98 Å². The summed E-state index contributed by atoms with van der Waals surface area (Å²) in [5.74, 6) is 1.17. The maximum atomic E-state index is 4.83. The monoisotopic (exact) mass is 275 g/mol. The summed E-state index contributed by atoms with van der Waals surface area (Å²) in [7, 11) is 2.19. The van der Waals surface area contributed by atoms with Crippen molar-refractivity contribution in [3.8, 4) is 0 Å². The molecule has 0 aromatic carbocycles. The molecule has 0 aliphatic heterocycles. The van der Waals surface area contributed by atoms with Crippen LogP contribution in [0.5, 0.6) is 0 Å². The van der Waals surface area contributed by atoms with Gasteiger partial charge in [0.05, 0.1) is 0 Å². The van der Waals surface area contributed by atoms with Gasteiger partial charge in [-0.05, 0) is 51.2 Å². The zero-order chi connectivity index (χ0) is 14.7. The van der Waals surface area contributed by atoms with E-state index in [0.29, 0.717) is 6.04 Å². The Balaban J connectivity index is 2.27. The van der Waals surface area contributed by atoms with Crippen LogP contribution in [0.2, 0.25) is 0 Å². The average molecular weight is 275 g/mol. The number of aromatic nitrogens is 1. The van der Waals surface area contributed by atoms with Crippen molar-refractivity contribution in [1.29, 1.82) is 0 Å². The SMILES string of the molecule is CCC(CC)N(C)c1nc(C)cc(C)c1CNC1CC1. The molecular weight excluding hydrogens is 246 g/mol. The van der Waals surface area contributed by atoms with E-state index in [2.05, 4.69) is 51.0 Å². The molecule has 20 heavy (non-hydrogen) atoms. The molecule has 0 spiro atoms. The van der Waals surface area contributed by atoms with Crippen LogP contribution in [0, 0.1) is 13.8 Å². The minimum absolute atomic E-state index is 0.573. The lowest BCUT2D eigenvalue weighted by Gasteiger charge is -2.30. The van der Waals surface area contributed by atoms with Crippen LogP contribution in [0.4, 0.5) is 5.82 Å². The molecule has 1 aromatic rings. The van der Waals surface area contributed by atoms with Gasteiger partial charge in [-0.1, -0.05) is 13.8 Å². The molecule has 0 radical (unpaired) electrons. The Bertz CT molecular complexity index is 448. The summed E-state index contributed by atoms with van der Waals surface area (Å²) in [5, 5.41) is 3.64. The van der Waals surface area contributed by atoms with Crippen LogP contribution in [-0.2, 0) is 6.54 Å². The van der Waals surface area contributed by atoms with E-state index in [1.54, 1.807) is 0 Å². The van der Waals surface area contributed by atoms with Gasteiger partial charge in [-0.3, -0.25) is 0 Å². The highest BCUT2D eigenvalue weighted by Gasteiger charge is 2.23. The summed E-state index contributed by atoms with van der Waals surface area (Å²) in [6.45, 7) is 9.77. The van der Waals surface area contributed by atoms with Crippen LogP contribution in [0.1, 0.15) is 56.4 Å². The molecule has 112 valence electrons. The minimum Gasteiger partial charge on any atom is -0.356 e. The van der Waals surface area contributed by atoms with Gasteiger partial charge in [0.15, 0.2) is 0 Å². The number of hydrogen-bond donors (Lipinski definition) is 1. The van der Waals surface area contributed by atoms with Crippen LogP contribution in [0.15, 0.2) is 6.07 Å². The van der Waals surface area contributed by atoms with E-state index < -0.39 is 0 Å². The van der Waals surface area contributed by atoms with Crippen LogP contribution in [-0.4, -0.2) is 24.1 Å². The molecule has 1 N–H and O–H groups in total. The third-order valence-corrected chi connectivity index (χ3v) is 4.42. The van der Waals surface area contributed by atoms with E-state index in [-0.39, 0.29) is 0 Å². The predicted octanol–water partition coefficient (Wildman–Crippen LogP) is 3.58. The van der Waals surface area contributed by atoms with Gasteiger partial charge in [0.25, 0.3) is 0 Å². The Labute approximate surface area is 123 Å². The Morgan fingerprint density at radius 2 is 1.95 bits per heavy atom. The van der Waals surface area contributed by atoms with E-state index in [9.17, 15) is 0 Å².